The Morgan fingerprint density at radius 3 is 2.74 bits per heavy atom. The number of halogens is 1. The van der Waals surface area contributed by atoms with Crippen molar-refractivity contribution in [3.8, 4) is 0 Å². The standard InChI is InChI=1S/C13H20BrN3OS/c1-8(12-15-6-10(14)19-12)16-9-5-11(18)17(7-9)13(2,3)4/h6,8-9,16H,5,7H2,1-4H3/t8-,9+/m1/s1. The van der Waals surface area contributed by atoms with E-state index in [2.05, 4.69) is 53.9 Å². The smallest absolute Gasteiger partial charge is 0.224 e. The molecule has 6 heteroatoms. The van der Waals surface area contributed by atoms with Gasteiger partial charge < -0.3 is 10.2 Å². The number of nitrogens with zero attached hydrogens (tertiary/aromatic N) is 2. The highest BCUT2D eigenvalue weighted by molar-refractivity contribution is 9.11. The second-order valence-electron chi connectivity index (χ2n) is 5.97. The van der Waals surface area contributed by atoms with Crippen molar-refractivity contribution in [2.75, 3.05) is 6.54 Å². The van der Waals surface area contributed by atoms with Gasteiger partial charge in [-0.05, 0) is 43.6 Å². The lowest BCUT2D eigenvalue weighted by molar-refractivity contribution is -0.131. The highest BCUT2D eigenvalue weighted by atomic mass is 79.9. The molecule has 0 saturated carbocycles. The maximum absolute atomic E-state index is 12.0. The summed E-state index contributed by atoms with van der Waals surface area (Å²) in [6, 6.07) is 0.387. The van der Waals surface area contributed by atoms with Gasteiger partial charge in [0.15, 0.2) is 0 Å². The number of amides is 1. The van der Waals surface area contributed by atoms with Gasteiger partial charge in [-0.25, -0.2) is 4.98 Å². The maximum atomic E-state index is 12.0. The van der Waals surface area contributed by atoms with Crippen molar-refractivity contribution >= 4 is 33.2 Å². The minimum absolute atomic E-state index is 0.0963. The molecule has 1 aliphatic rings. The molecular formula is C13H20BrN3OS. The summed E-state index contributed by atoms with van der Waals surface area (Å²) >= 11 is 5.06. The van der Waals surface area contributed by atoms with Crippen LogP contribution in [0.3, 0.4) is 0 Å². The van der Waals surface area contributed by atoms with Gasteiger partial charge in [0.2, 0.25) is 5.91 Å². The molecule has 0 spiro atoms. The number of hydrogen-bond acceptors (Lipinski definition) is 4. The number of thiazole rings is 1. The Balaban J connectivity index is 1.96. The summed E-state index contributed by atoms with van der Waals surface area (Å²) in [6.07, 6.45) is 2.40. The quantitative estimate of drug-likeness (QED) is 0.915. The van der Waals surface area contributed by atoms with Gasteiger partial charge in [0.25, 0.3) is 0 Å². The number of carbonyl (C=O) groups is 1. The summed E-state index contributed by atoms with van der Waals surface area (Å²) in [7, 11) is 0. The first-order chi connectivity index (χ1) is 8.77. The highest BCUT2D eigenvalue weighted by Gasteiger charge is 2.36. The Hall–Kier alpha value is -0.460. The monoisotopic (exact) mass is 345 g/mol. The van der Waals surface area contributed by atoms with Gasteiger partial charge in [0.1, 0.15) is 5.01 Å². The fraction of sp³-hybridized carbons (Fsp3) is 0.692. The van der Waals surface area contributed by atoms with Crippen LogP contribution in [0.5, 0.6) is 0 Å². The molecule has 0 unspecified atom stereocenters. The summed E-state index contributed by atoms with van der Waals surface area (Å²) in [4.78, 5) is 18.3. The Morgan fingerprint density at radius 2 is 2.26 bits per heavy atom. The van der Waals surface area contributed by atoms with Gasteiger partial charge in [-0.2, -0.15) is 0 Å². The third-order valence-electron chi connectivity index (χ3n) is 3.29. The summed E-state index contributed by atoms with van der Waals surface area (Å²) in [5.41, 5.74) is -0.0963. The van der Waals surface area contributed by atoms with Crippen LogP contribution in [0.25, 0.3) is 0 Å². The SMILES string of the molecule is C[C@@H](N[C@H]1CC(=O)N(C(C)(C)C)C1)c1ncc(Br)s1. The summed E-state index contributed by atoms with van der Waals surface area (Å²) < 4.78 is 1.04. The van der Waals surface area contributed by atoms with Crippen molar-refractivity contribution in [1.29, 1.82) is 0 Å². The number of nitrogens with one attached hydrogen (secondary N) is 1. The van der Waals surface area contributed by atoms with Crippen LogP contribution in [-0.4, -0.2) is 33.9 Å². The van der Waals surface area contributed by atoms with Gasteiger partial charge in [-0.1, -0.05) is 0 Å². The van der Waals surface area contributed by atoms with Crippen molar-refractivity contribution in [2.24, 2.45) is 0 Å². The second kappa shape index (κ2) is 5.50. The average Bonchev–Trinajstić information content (AvgIpc) is 2.84. The van der Waals surface area contributed by atoms with Crippen LogP contribution >= 0.6 is 27.3 Å². The molecule has 2 rings (SSSR count). The minimum Gasteiger partial charge on any atom is -0.336 e. The van der Waals surface area contributed by atoms with E-state index >= 15 is 0 Å². The molecule has 2 atom stereocenters. The fourth-order valence-corrected chi connectivity index (χ4v) is 3.61. The van der Waals surface area contributed by atoms with Gasteiger partial charge in [-0.15, -0.1) is 11.3 Å². The van der Waals surface area contributed by atoms with E-state index in [1.165, 1.54) is 0 Å². The lowest BCUT2D eigenvalue weighted by atomic mass is 10.1. The van der Waals surface area contributed by atoms with Crippen molar-refractivity contribution in [3.63, 3.8) is 0 Å². The van der Waals surface area contributed by atoms with Crippen LogP contribution in [0.1, 0.15) is 45.2 Å². The van der Waals surface area contributed by atoms with Crippen molar-refractivity contribution in [1.82, 2.24) is 15.2 Å². The third-order valence-corrected chi connectivity index (χ3v) is 4.95. The molecule has 19 heavy (non-hydrogen) atoms. The molecular weight excluding hydrogens is 326 g/mol. The van der Waals surface area contributed by atoms with E-state index < -0.39 is 0 Å². The Labute approximate surface area is 126 Å². The molecule has 4 nitrogen and oxygen atoms in total. The Kier molecular flexibility index (Phi) is 4.32. The molecule has 0 radical (unpaired) electrons. The molecule has 0 aromatic carbocycles. The van der Waals surface area contributed by atoms with Crippen LogP contribution < -0.4 is 5.32 Å². The zero-order valence-corrected chi connectivity index (χ0v) is 14.1. The van der Waals surface area contributed by atoms with Crippen LogP contribution in [0, 0.1) is 0 Å². The number of aromatic nitrogens is 1. The van der Waals surface area contributed by atoms with Crippen molar-refractivity contribution in [2.45, 2.75) is 51.7 Å². The van der Waals surface area contributed by atoms with E-state index in [4.69, 9.17) is 0 Å². The van der Waals surface area contributed by atoms with Gasteiger partial charge in [-0.3, -0.25) is 4.79 Å². The number of hydrogen-bond donors (Lipinski definition) is 1. The molecule has 0 bridgehead atoms. The molecule has 1 aromatic heterocycles. The zero-order valence-electron chi connectivity index (χ0n) is 11.7. The lowest BCUT2D eigenvalue weighted by Crippen LogP contribution is -2.44. The predicted octanol–water partition coefficient (Wildman–Crippen LogP) is 2.96. The van der Waals surface area contributed by atoms with E-state index in [0.29, 0.717) is 6.42 Å². The third kappa shape index (κ3) is 3.55. The molecule has 1 N–H and O–H groups in total. The second-order valence-corrected chi connectivity index (χ2v) is 8.41. The first-order valence-electron chi connectivity index (χ1n) is 6.45. The summed E-state index contributed by atoms with van der Waals surface area (Å²) in [5.74, 6) is 0.234. The van der Waals surface area contributed by atoms with Crippen molar-refractivity contribution in [3.05, 3.63) is 15.0 Å². The molecule has 0 aliphatic carbocycles. The van der Waals surface area contributed by atoms with Gasteiger partial charge >= 0.3 is 0 Å². The largest absolute Gasteiger partial charge is 0.336 e. The topological polar surface area (TPSA) is 45.2 Å². The van der Waals surface area contributed by atoms with E-state index in [1.807, 2.05) is 11.1 Å². The van der Waals surface area contributed by atoms with Crippen molar-refractivity contribution < 1.29 is 4.79 Å². The zero-order chi connectivity index (χ0) is 14.2. The van der Waals surface area contributed by atoms with Crippen LogP contribution in [0.4, 0.5) is 0 Å². The first-order valence-corrected chi connectivity index (χ1v) is 8.06. The summed E-state index contributed by atoms with van der Waals surface area (Å²) in [6.45, 7) is 9.10. The van der Waals surface area contributed by atoms with Crippen LogP contribution in [0.2, 0.25) is 0 Å². The molecule has 2 heterocycles. The number of likely N-dealkylation sites (tertiary alicyclic amines) is 1. The molecule has 1 fully saturated rings. The first kappa shape index (κ1) is 14.9. The predicted molar refractivity (Wildman–Crippen MR) is 81.2 cm³/mol. The van der Waals surface area contributed by atoms with Crippen LogP contribution in [-0.2, 0) is 4.79 Å². The normalized spacial score (nSPS) is 22.1. The highest BCUT2D eigenvalue weighted by Crippen LogP contribution is 2.27. The minimum atomic E-state index is -0.0963. The molecule has 1 saturated heterocycles. The molecule has 1 aromatic rings. The average molecular weight is 346 g/mol. The van der Waals surface area contributed by atoms with E-state index in [-0.39, 0.29) is 23.5 Å². The molecule has 1 amide bonds. The molecule has 1 aliphatic heterocycles. The van der Waals surface area contributed by atoms with Gasteiger partial charge in [0.05, 0.1) is 16.0 Å². The maximum Gasteiger partial charge on any atom is 0.224 e. The van der Waals surface area contributed by atoms with E-state index in [0.717, 1.165) is 15.3 Å². The fourth-order valence-electron chi connectivity index (χ4n) is 2.36. The Bertz CT molecular complexity index is 469. The lowest BCUT2D eigenvalue weighted by Gasteiger charge is -2.32. The molecule has 106 valence electrons. The van der Waals surface area contributed by atoms with E-state index in [9.17, 15) is 4.79 Å². The van der Waals surface area contributed by atoms with E-state index in [1.54, 1.807) is 11.3 Å². The number of carbonyl (C=O) groups excluding carboxylic acids is 1. The summed E-state index contributed by atoms with van der Waals surface area (Å²) in [5, 5.41) is 4.56. The Morgan fingerprint density at radius 1 is 1.58 bits per heavy atom. The number of rotatable bonds is 3. The van der Waals surface area contributed by atoms with Crippen LogP contribution in [0.15, 0.2) is 9.98 Å². The van der Waals surface area contributed by atoms with Gasteiger partial charge in [0, 0.05) is 24.5 Å².